The number of hydrogen-bond donors (Lipinski definition) is 2. The maximum atomic E-state index is 9.77. The van der Waals surface area contributed by atoms with E-state index in [0.717, 1.165) is 141 Å². The molecule has 4 aromatic heterocycles. The van der Waals surface area contributed by atoms with Crippen LogP contribution < -0.4 is 22.5 Å². The fraction of sp³-hybridized carbons (Fsp3) is 0.182. The molecule has 15 heteroatoms. The Balaban J connectivity index is 0.000000116. The van der Waals surface area contributed by atoms with E-state index in [1.165, 1.54) is 103 Å². The minimum atomic E-state index is -1.39. The number of aromatic nitrogens is 6. The summed E-state index contributed by atoms with van der Waals surface area (Å²) in [6, 6.07) is 114. The molecular formula is C110H84B2ClI2N6O4-. The van der Waals surface area contributed by atoms with Crippen LogP contribution in [0, 0.1) is 47.3 Å². The predicted octanol–water partition coefficient (Wildman–Crippen LogP) is 23.5. The van der Waals surface area contributed by atoms with E-state index >= 15 is 0 Å². The second kappa shape index (κ2) is 32.2. The third kappa shape index (κ3) is 13.7. The maximum absolute atomic E-state index is 9.77. The largest absolute Gasteiger partial charge is 0.456 e. The van der Waals surface area contributed by atoms with Crippen molar-refractivity contribution in [2.75, 3.05) is 0 Å². The zero-order chi connectivity index (χ0) is 83.6. The van der Waals surface area contributed by atoms with Gasteiger partial charge in [-0.1, -0.05) is 260 Å². The van der Waals surface area contributed by atoms with E-state index in [9.17, 15) is 10.0 Å². The van der Waals surface area contributed by atoms with Gasteiger partial charge in [-0.3, -0.25) is 0 Å². The summed E-state index contributed by atoms with van der Waals surface area (Å²) in [6.07, 6.45) is 13.8. The Labute approximate surface area is 752 Å². The first-order valence-corrected chi connectivity index (χ1v) is 51.7. The summed E-state index contributed by atoms with van der Waals surface area (Å²) in [5.41, 5.74) is 33.1. The first-order chi connectivity index (χ1) is 61.4. The van der Waals surface area contributed by atoms with Crippen molar-refractivity contribution in [1.82, 2.24) is 29.9 Å². The molecule has 2 radical (unpaired) electrons. The van der Waals surface area contributed by atoms with Crippen LogP contribution in [0.5, 0.6) is 0 Å². The molecule has 14 aromatic carbocycles. The van der Waals surface area contributed by atoms with Crippen molar-refractivity contribution >= 4 is 92.4 Å². The van der Waals surface area contributed by atoms with Gasteiger partial charge in [-0.2, -0.15) is 0 Å². The Morgan fingerprint density at radius 3 is 0.992 bits per heavy atom. The third-order valence-corrected chi connectivity index (χ3v) is 29.1. The fourth-order valence-electron chi connectivity index (χ4n) is 24.3. The molecule has 125 heavy (non-hydrogen) atoms. The smallest absolute Gasteiger partial charge is 0.164 e. The summed E-state index contributed by atoms with van der Waals surface area (Å²) in [4.78, 5) is 30.0. The molecule has 28 rings (SSSR count). The van der Waals surface area contributed by atoms with Gasteiger partial charge in [0, 0.05) is 70.8 Å². The van der Waals surface area contributed by atoms with E-state index in [1.807, 2.05) is 152 Å². The average Bonchev–Trinajstić information content (AvgIpc) is 1.54. The van der Waals surface area contributed by atoms with Crippen LogP contribution in [0.1, 0.15) is 86.5 Å². The molecular weight excluding hydrogens is 1780 g/mol. The van der Waals surface area contributed by atoms with Crippen LogP contribution in [0.4, 0.5) is 0 Å². The molecule has 606 valence electrons. The normalized spacial score (nSPS) is 21.4. The summed E-state index contributed by atoms with van der Waals surface area (Å²) in [6.45, 7) is 0. The van der Waals surface area contributed by atoms with Crippen molar-refractivity contribution in [2.24, 2.45) is 47.3 Å². The number of benzene rings is 14. The van der Waals surface area contributed by atoms with Gasteiger partial charge in [0.25, 0.3) is 0 Å². The van der Waals surface area contributed by atoms with Gasteiger partial charge in [0.05, 0.1) is 0 Å². The zero-order valence-corrected chi connectivity index (χ0v) is 73.6. The topological polar surface area (TPSA) is 144 Å². The van der Waals surface area contributed by atoms with Crippen LogP contribution >= 0.6 is 30.2 Å². The van der Waals surface area contributed by atoms with Gasteiger partial charge >= 0.3 is 48.5 Å². The van der Waals surface area contributed by atoms with Crippen molar-refractivity contribution in [3.63, 3.8) is 0 Å². The van der Waals surface area contributed by atoms with Gasteiger partial charge in [0.2, 0.25) is 0 Å². The van der Waals surface area contributed by atoms with Crippen LogP contribution in [-0.2, 0) is 10.8 Å². The molecule has 0 atom stereocenters. The summed E-state index contributed by atoms with van der Waals surface area (Å²) in [7, 11) is -1.39. The van der Waals surface area contributed by atoms with Gasteiger partial charge < -0.3 is 18.9 Å². The van der Waals surface area contributed by atoms with Crippen molar-refractivity contribution in [1.29, 1.82) is 0 Å². The van der Waals surface area contributed by atoms with Crippen molar-refractivity contribution < 1.29 is 35.9 Å². The minimum absolute atomic E-state index is 0.0600. The Bertz CT molecular complexity index is 7060. The molecule has 10 nitrogen and oxygen atoms in total. The van der Waals surface area contributed by atoms with Gasteiger partial charge in [0.15, 0.2) is 34.9 Å². The molecule has 18 aromatic rings. The van der Waals surface area contributed by atoms with Crippen LogP contribution in [-0.4, -0.2) is 52.8 Å². The summed E-state index contributed by atoms with van der Waals surface area (Å²) >= 11 is 8.90. The molecule has 2 N–H and O–H groups in total. The quantitative estimate of drug-likeness (QED) is 0.100. The van der Waals surface area contributed by atoms with E-state index in [-0.39, 0.29) is 27.8 Å². The van der Waals surface area contributed by atoms with Crippen LogP contribution in [0.25, 0.3) is 168 Å². The molecule has 8 saturated carbocycles. The SMILES string of the molecule is Clc1cc(-c2ccc3oc4ccccc4c3c2)cc(-c2nc(-c3ccccc3)nc(-c3ccccc3)n2)c1.OB(O)c1ccc2c(c1)C1(c3ccccc3-2)C2CC3CC(C2)CC1C3.[B][I-]I.c1ccc(-c2nc(-c3ccccc3)nc(-c3cc(-c4ccc5c(c4)C4(c6ccccc6-5)C5CC6CC(C5)CC4C6)cc(-c4ccc5oc6ccccc6c5c4)c3)n2)cc1. The van der Waals surface area contributed by atoms with E-state index in [1.54, 1.807) is 11.1 Å². The van der Waals surface area contributed by atoms with Crippen LogP contribution in [0.3, 0.4) is 0 Å². The van der Waals surface area contributed by atoms with E-state index in [0.29, 0.717) is 57.3 Å². The molecule has 8 bridgehead atoms. The molecule has 0 saturated heterocycles. The second-order valence-electron chi connectivity index (χ2n) is 35.7. The predicted molar refractivity (Wildman–Crippen MR) is 511 cm³/mol. The molecule has 0 aliphatic heterocycles. The van der Waals surface area contributed by atoms with Gasteiger partial charge in [0.1, 0.15) is 22.3 Å². The van der Waals surface area contributed by atoms with Crippen molar-refractivity contribution in [3.05, 3.63) is 355 Å². The zero-order valence-electron chi connectivity index (χ0n) is 68.5. The summed E-state index contributed by atoms with van der Waals surface area (Å²) in [5, 5.41) is 24.5. The number of nitrogens with zero attached hydrogens (tertiary/aromatic N) is 6. The van der Waals surface area contributed by atoms with Crippen molar-refractivity contribution in [3.8, 4) is 124 Å². The number of fused-ring (bicyclic) bond motifs is 12. The standard InChI is InChI=1S/C55H41N3O.C33H20ClN3O.C22H23BO2.BI2/c1-3-11-35(12-4-1)52-56-53(36-13-5-2-6-14-36)58-54(57-52)41-29-39(37-20-22-51-47(31-37)46-16-8-10-18-50(46)59-51)28-40(30-41)38-19-21-45-44-15-7-9-17-48(44)55(49(45)32-38)42-24-33-23-34(26-42)27-43(55)25-33;34-26-18-24(23-15-16-30-28(20-23)27-13-7-8-14-29(27)38-30)17-25(19-26)33-36-31(21-9-3-1-4-10-21)35-32(37-33)22-11-5-2-6-12-22;24-23(25)17-5-6-19-18-3-1-2-4-20(18)22(21(19)12-17)15-8-13-7-14(10-15)11-16(22)9-13;1-3-2/h1-22,28-34,42-43H,23-27H2;1-20H;1-6,12-16,24-25H,7-11H2;/q;;;-1. The molecule has 8 fully saturated rings. The number of halogens is 3. The number of furan rings is 2. The number of para-hydroxylation sites is 2. The Hall–Kier alpha value is -11.5. The Morgan fingerprint density at radius 1 is 0.288 bits per heavy atom. The number of rotatable bonds is 10. The van der Waals surface area contributed by atoms with Crippen LogP contribution in [0.2, 0.25) is 5.02 Å². The van der Waals surface area contributed by atoms with Gasteiger partial charge in [-0.15, -0.1) is 0 Å². The fourth-order valence-corrected chi connectivity index (χ4v) is 24.6. The summed E-state index contributed by atoms with van der Waals surface area (Å²) < 4.78 is 12.3. The molecule has 4 heterocycles. The van der Waals surface area contributed by atoms with Gasteiger partial charge in [-0.25, -0.2) is 29.9 Å². The Kier molecular flexibility index (Phi) is 20.1. The molecule has 0 amide bonds. The van der Waals surface area contributed by atoms with E-state index in [2.05, 4.69) is 195 Å². The van der Waals surface area contributed by atoms with E-state index < -0.39 is 7.12 Å². The second-order valence-corrected chi connectivity index (χ2v) is 39.7. The summed E-state index contributed by atoms with van der Waals surface area (Å²) in [5.74, 6) is 10.3. The third-order valence-electron chi connectivity index (χ3n) is 28.9. The molecule has 10 aliphatic carbocycles. The molecule has 0 unspecified atom stereocenters. The Morgan fingerprint density at radius 2 is 0.584 bits per heavy atom. The maximum Gasteiger partial charge on any atom is 0.164 e. The van der Waals surface area contributed by atoms with Gasteiger partial charge in [-0.05, 0) is 274 Å². The molecule has 2 spiro atoms. The average molecular weight is 1860 g/mol. The van der Waals surface area contributed by atoms with Crippen LogP contribution in [0.15, 0.2) is 336 Å². The molecule has 10 aliphatic rings. The monoisotopic (exact) mass is 1860 g/mol. The number of hydrogen-bond acceptors (Lipinski definition) is 10. The first-order valence-electron chi connectivity index (χ1n) is 43.8. The first kappa shape index (κ1) is 78.2. The van der Waals surface area contributed by atoms with E-state index in [4.69, 9.17) is 56.0 Å². The minimum Gasteiger partial charge on any atom is -0.456 e. The van der Waals surface area contributed by atoms with Crippen molar-refractivity contribution in [2.45, 2.75) is 75.0 Å².